The van der Waals surface area contributed by atoms with Crippen molar-refractivity contribution >= 4 is 34.0 Å². The minimum Gasteiger partial charge on any atom is -0.464 e. The molecule has 2 fully saturated rings. The van der Waals surface area contributed by atoms with Gasteiger partial charge < -0.3 is 29.0 Å². The lowest BCUT2D eigenvalue weighted by Gasteiger charge is -2.31. The maximum Gasteiger partial charge on any atom is 0.303 e. The molecule has 0 unspecified atom stereocenters. The summed E-state index contributed by atoms with van der Waals surface area (Å²) in [5.74, 6) is -1.89. The Morgan fingerprint density at radius 1 is 1.18 bits per heavy atom. The Bertz CT molecular complexity index is 653. The zero-order valence-electron chi connectivity index (χ0n) is 16.7. The zero-order chi connectivity index (χ0) is 21.1. The summed E-state index contributed by atoms with van der Waals surface area (Å²) in [4.78, 5) is 38.4. The molecular formula is C17H26N2O8S. The quantitative estimate of drug-likeness (QED) is 0.385. The van der Waals surface area contributed by atoms with E-state index in [0.717, 1.165) is 11.8 Å². The van der Waals surface area contributed by atoms with Gasteiger partial charge in [0.05, 0.1) is 6.04 Å². The van der Waals surface area contributed by atoms with Crippen LogP contribution in [0.4, 0.5) is 0 Å². The van der Waals surface area contributed by atoms with Crippen molar-refractivity contribution < 1.29 is 38.1 Å². The third-order valence-corrected chi connectivity index (χ3v) is 4.73. The van der Waals surface area contributed by atoms with Gasteiger partial charge in [-0.2, -0.15) is 0 Å². The number of hydrogen-bond acceptors (Lipinski definition) is 10. The number of fused-ring (bicyclic) bond motifs is 1. The average Bonchev–Trinajstić information content (AvgIpc) is 3.02. The van der Waals surface area contributed by atoms with Crippen molar-refractivity contribution in [2.45, 2.75) is 71.0 Å². The summed E-state index contributed by atoms with van der Waals surface area (Å²) in [5, 5.41) is 3.17. The maximum atomic E-state index is 11.7. The molecular weight excluding hydrogens is 392 g/mol. The number of aliphatic imine (C=N–C) groups is 1. The lowest BCUT2D eigenvalue weighted by atomic mass is 10.0. The topological polar surface area (TPSA) is 122 Å². The summed E-state index contributed by atoms with van der Waals surface area (Å²) >= 11 is 0.891. The molecule has 1 N–H and O–H groups in total. The number of hydrogen-bond donors (Lipinski definition) is 1. The average molecular weight is 418 g/mol. The number of ether oxygens (including phenoxy) is 5. The van der Waals surface area contributed by atoms with Gasteiger partial charge in [-0.1, -0.05) is 0 Å². The van der Waals surface area contributed by atoms with Crippen LogP contribution in [-0.4, -0.2) is 72.3 Å². The van der Waals surface area contributed by atoms with Crippen LogP contribution in [0, 0.1) is 0 Å². The van der Waals surface area contributed by atoms with Crippen LogP contribution in [0.2, 0.25) is 0 Å². The maximum absolute atomic E-state index is 11.7. The normalized spacial score (nSPS) is 29.7. The van der Waals surface area contributed by atoms with E-state index in [0.29, 0.717) is 5.17 Å². The smallest absolute Gasteiger partial charge is 0.303 e. The van der Waals surface area contributed by atoms with E-state index in [1.807, 2.05) is 0 Å². The predicted molar refractivity (Wildman–Crippen MR) is 99.4 cm³/mol. The van der Waals surface area contributed by atoms with Crippen LogP contribution in [-0.2, 0) is 38.1 Å². The van der Waals surface area contributed by atoms with Crippen molar-refractivity contribution in [1.29, 1.82) is 0 Å². The molecule has 5 atom stereocenters. The first-order valence-corrected chi connectivity index (χ1v) is 9.57. The summed E-state index contributed by atoms with van der Waals surface area (Å²) in [7, 11) is 1.52. The number of rotatable bonds is 5. The van der Waals surface area contributed by atoms with Gasteiger partial charge in [0.15, 0.2) is 34.6 Å². The second-order valence-corrected chi connectivity index (χ2v) is 7.98. The summed E-state index contributed by atoms with van der Waals surface area (Å²) < 4.78 is 28.1. The highest BCUT2D eigenvalue weighted by Crippen LogP contribution is 2.39. The van der Waals surface area contributed by atoms with Crippen LogP contribution >= 0.6 is 11.8 Å². The molecule has 158 valence electrons. The first kappa shape index (κ1) is 22.6. The Balaban J connectivity index is 2.24. The second kappa shape index (κ2) is 9.21. The fourth-order valence-corrected chi connectivity index (χ4v) is 3.59. The molecule has 0 aromatic rings. The molecule has 2 heterocycles. The van der Waals surface area contributed by atoms with Crippen molar-refractivity contribution in [2.24, 2.45) is 4.99 Å². The van der Waals surface area contributed by atoms with E-state index < -0.39 is 48.4 Å². The summed E-state index contributed by atoms with van der Waals surface area (Å²) in [6.45, 7) is 7.32. The molecule has 2 saturated heterocycles. The van der Waals surface area contributed by atoms with Crippen LogP contribution in [0.15, 0.2) is 4.99 Å². The van der Waals surface area contributed by atoms with Gasteiger partial charge in [-0.3, -0.25) is 19.4 Å². The predicted octanol–water partition coefficient (Wildman–Crippen LogP) is 0.581. The third kappa shape index (κ3) is 5.90. The van der Waals surface area contributed by atoms with Gasteiger partial charge in [-0.15, -0.1) is 0 Å². The van der Waals surface area contributed by atoms with Crippen LogP contribution < -0.4 is 5.32 Å². The lowest BCUT2D eigenvalue weighted by molar-refractivity contribution is -0.222. The third-order valence-electron chi connectivity index (χ3n) is 3.94. The van der Waals surface area contributed by atoms with E-state index in [9.17, 15) is 14.4 Å². The molecule has 0 aromatic heterocycles. The standard InChI is InChI=1S/C17H26N2O8S/c1-8(20)23-7-11(19-16(18-6)28-10(3)22)12-13(24-9(2)21)14-15(25-12)27-17(4,5)26-14/h11-15H,7H2,1-6H3,(H,18,19)/t11-,12+,13-,14+,15+/m0/s1. The first-order chi connectivity index (χ1) is 13.0. The molecule has 0 amide bonds. The minimum absolute atomic E-state index is 0.0991. The van der Waals surface area contributed by atoms with E-state index in [-0.39, 0.29) is 11.7 Å². The molecule has 0 bridgehead atoms. The molecule has 11 heteroatoms. The van der Waals surface area contributed by atoms with E-state index in [4.69, 9.17) is 23.7 Å². The Kier molecular flexibility index (Phi) is 7.43. The zero-order valence-corrected chi connectivity index (χ0v) is 17.5. The number of carbonyl (C=O) groups is 3. The van der Waals surface area contributed by atoms with Gasteiger partial charge in [-0.05, 0) is 25.6 Å². The molecule has 2 aliphatic rings. The van der Waals surface area contributed by atoms with E-state index in [1.165, 1.54) is 27.8 Å². The molecule has 0 aromatic carbocycles. The number of esters is 2. The minimum atomic E-state index is -0.891. The number of nitrogens with one attached hydrogen (secondary N) is 1. The van der Waals surface area contributed by atoms with Crippen LogP contribution in [0.25, 0.3) is 0 Å². The van der Waals surface area contributed by atoms with E-state index in [1.54, 1.807) is 13.8 Å². The number of thioether (sulfide) groups is 1. The van der Waals surface area contributed by atoms with Gasteiger partial charge in [0.1, 0.15) is 12.7 Å². The molecule has 0 spiro atoms. The number of amidine groups is 1. The van der Waals surface area contributed by atoms with Crippen molar-refractivity contribution in [3.63, 3.8) is 0 Å². The van der Waals surface area contributed by atoms with Crippen LogP contribution in [0.3, 0.4) is 0 Å². The summed E-state index contributed by atoms with van der Waals surface area (Å²) in [6.07, 6.45) is -2.97. The monoisotopic (exact) mass is 418 g/mol. The Labute approximate surface area is 167 Å². The van der Waals surface area contributed by atoms with Gasteiger partial charge >= 0.3 is 11.9 Å². The van der Waals surface area contributed by atoms with E-state index >= 15 is 0 Å². The fourth-order valence-electron chi connectivity index (χ4n) is 3.01. The Hall–Kier alpha value is -1.69. The number of nitrogens with zero attached hydrogens (tertiary/aromatic N) is 1. The lowest BCUT2D eigenvalue weighted by Crippen LogP contribution is -2.52. The largest absolute Gasteiger partial charge is 0.464 e. The molecule has 28 heavy (non-hydrogen) atoms. The molecule has 0 saturated carbocycles. The van der Waals surface area contributed by atoms with Crippen molar-refractivity contribution in [1.82, 2.24) is 5.32 Å². The van der Waals surface area contributed by atoms with Gasteiger partial charge in [0.25, 0.3) is 0 Å². The highest BCUT2D eigenvalue weighted by atomic mass is 32.2. The number of carbonyl (C=O) groups excluding carboxylic acids is 3. The van der Waals surface area contributed by atoms with Crippen molar-refractivity contribution in [3.05, 3.63) is 0 Å². The Morgan fingerprint density at radius 3 is 2.39 bits per heavy atom. The summed E-state index contributed by atoms with van der Waals surface area (Å²) in [5.41, 5.74) is 0. The first-order valence-electron chi connectivity index (χ1n) is 8.76. The van der Waals surface area contributed by atoms with Crippen LogP contribution in [0.1, 0.15) is 34.6 Å². The van der Waals surface area contributed by atoms with Crippen molar-refractivity contribution in [2.75, 3.05) is 13.7 Å². The van der Waals surface area contributed by atoms with E-state index in [2.05, 4.69) is 10.3 Å². The van der Waals surface area contributed by atoms with Gasteiger partial charge in [0.2, 0.25) is 0 Å². The molecule has 2 rings (SSSR count). The molecule has 0 aliphatic carbocycles. The fraction of sp³-hybridized carbons (Fsp3) is 0.765. The summed E-state index contributed by atoms with van der Waals surface area (Å²) in [6, 6.07) is -0.667. The van der Waals surface area contributed by atoms with Crippen LogP contribution in [0.5, 0.6) is 0 Å². The molecule has 10 nitrogen and oxygen atoms in total. The molecule has 0 radical (unpaired) electrons. The highest BCUT2D eigenvalue weighted by molar-refractivity contribution is 8.26. The SMILES string of the molecule is CN=C(N[C@@H](COC(C)=O)[C@H]1O[C@@H]2OC(C)(C)O[C@@H]2[C@H]1OC(C)=O)SC(C)=O. The van der Waals surface area contributed by atoms with Gasteiger partial charge in [-0.25, -0.2) is 0 Å². The molecule has 2 aliphatic heterocycles. The highest BCUT2D eigenvalue weighted by Gasteiger charge is 2.58. The Morgan fingerprint density at radius 2 is 1.86 bits per heavy atom. The second-order valence-electron chi connectivity index (χ2n) is 6.82. The van der Waals surface area contributed by atoms with Crippen molar-refractivity contribution in [3.8, 4) is 0 Å². The van der Waals surface area contributed by atoms with Gasteiger partial charge in [0, 0.05) is 27.8 Å².